The molecule has 0 spiro atoms. The first kappa shape index (κ1) is 6.22. The Morgan fingerprint density at radius 1 is 1.78 bits per heavy atom. The van der Waals surface area contributed by atoms with Crippen LogP contribution < -0.4 is 5.32 Å². The Balaban J connectivity index is 2.40. The molecule has 1 atom stereocenters. The Hall–Kier alpha value is -0.900. The lowest BCUT2D eigenvalue weighted by molar-refractivity contribution is -0.134. The number of carbonyl (C=O) groups excluding carboxylic acids is 2. The summed E-state index contributed by atoms with van der Waals surface area (Å²) in [5.41, 5.74) is 0. The minimum absolute atomic E-state index is 0.0737. The molecule has 50 valence electrons. The summed E-state index contributed by atoms with van der Waals surface area (Å²) in [6.07, 6.45) is 0.664. The Morgan fingerprint density at radius 3 is 3.00 bits per heavy atom. The van der Waals surface area contributed by atoms with E-state index in [0.717, 1.165) is 0 Å². The Labute approximate surface area is 52.2 Å². The third-order valence-corrected chi connectivity index (χ3v) is 1.04. The molecule has 1 aliphatic heterocycles. The van der Waals surface area contributed by atoms with Gasteiger partial charge in [-0.3, -0.25) is 4.79 Å². The van der Waals surface area contributed by atoms with E-state index in [9.17, 15) is 9.59 Å². The normalized spacial score (nSPS) is 27.1. The molecule has 4 nitrogen and oxygen atoms in total. The van der Waals surface area contributed by atoms with Crippen molar-refractivity contribution in [3.63, 3.8) is 0 Å². The quantitative estimate of drug-likeness (QED) is 0.448. The molecule has 1 heterocycles. The zero-order valence-electron chi connectivity index (χ0n) is 4.79. The van der Waals surface area contributed by atoms with Crippen LogP contribution in [0, 0.1) is 0 Å². The van der Waals surface area contributed by atoms with E-state index in [0.29, 0.717) is 12.9 Å². The second kappa shape index (κ2) is 2.59. The summed E-state index contributed by atoms with van der Waals surface area (Å²) in [7, 11) is 0. The van der Waals surface area contributed by atoms with Gasteiger partial charge in [0.25, 0.3) is 0 Å². The molecule has 0 aromatic carbocycles. The maximum absolute atomic E-state index is 10.4. The third-order valence-electron chi connectivity index (χ3n) is 1.04. The number of aldehydes is 1. The van der Waals surface area contributed by atoms with E-state index in [4.69, 9.17) is 4.74 Å². The van der Waals surface area contributed by atoms with Crippen molar-refractivity contribution in [3.8, 4) is 0 Å². The van der Waals surface area contributed by atoms with Crippen LogP contribution in [0.2, 0.25) is 0 Å². The van der Waals surface area contributed by atoms with Gasteiger partial charge in [0.1, 0.15) is 18.9 Å². The van der Waals surface area contributed by atoms with Crippen molar-refractivity contribution in [2.75, 3.05) is 13.2 Å². The SMILES string of the molecule is O=CC1COCC(=O)N1. The van der Waals surface area contributed by atoms with Gasteiger partial charge >= 0.3 is 0 Å². The summed E-state index contributed by atoms with van der Waals surface area (Å²) in [4.78, 5) is 20.4. The zero-order valence-corrected chi connectivity index (χ0v) is 4.79. The molecule has 1 fully saturated rings. The molecule has 4 heteroatoms. The fraction of sp³-hybridized carbons (Fsp3) is 0.600. The van der Waals surface area contributed by atoms with Gasteiger partial charge in [0.15, 0.2) is 0 Å². The number of carbonyl (C=O) groups is 2. The fourth-order valence-corrected chi connectivity index (χ4v) is 0.642. The molecule has 1 amide bonds. The summed E-state index contributed by atoms with van der Waals surface area (Å²) >= 11 is 0. The van der Waals surface area contributed by atoms with Gasteiger partial charge in [0, 0.05) is 0 Å². The molecule has 0 aromatic rings. The van der Waals surface area contributed by atoms with Crippen molar-refractivity contribution in [2.24, 2.45) is 0 Å². The first-order chi connectivity index (χ1) is 4.33. The lowest BCUT2D eigenvalue weighted by Gasteiger charge is -2.17. The van der Waals surface area contributed by atoms with Gasteiger partial charge in [-0.15, -0.1) is 0 Å². The van der Waals surface area contributed by atoms with E-state index in [1.165, 1.54) is 0 Å². The van der Waals surface area contributed by atoms with Gasteiger partial charge in [-0.05, 0) is 0 Å². The molecule has 1 aliphatic rings. The molecule has 0 aromatic heterocycles. The molecule has 0 bridgehead atoms. The van der Waals surface area contributed by atoms with Crippen LogP contribution in [0.15, 0.2) is 0 Å². The van der Waals surface area contributed by atoms with Crippen molar-refractivity contribution in [1.82, 2.24) is 5.32 Å². The number of rotatable bonds is 1. The van der Waals surface area contributed by atoms with Gasteiger partial charge in [-0.25, -0.2) is 0 Å². The zero-order chi connectivity index (χ0) is 6.69. The van der Waals surface area contributed by atoms with E-state index in [1.807, 2.05) is 0 Å². The topological polar surface area (TPSA) is 55.4 Å². The molecule has 1 unspecified atom stereocenters. The van der Waals surface area contributed by atoms with E-state index in [-0.39, 0.29) is 12.5 Å². The Morgan fingerprint density at radius 2 is 2.56 bits per heavy atom. The summed E-state index contributed by atoms with van der Waals surface area (Å²) in [6.45, 7) is 0.375. The highest BCUT2D eigenvalue weighted by Gasteiger charge is 2.16. The van der Waals surface area contributed by atoms with E-state index >= 15 is 0 Å². The standard InChI is InChI=1S/C5H7NO3/c7-1-4-2-9-3-5(8)6-4/h1,4H,2-3H2,(H,6,8). The van der Waals surface area contributed by atoms with Gasteiger partial charge in [-0.1, -0.05) is 0 Å². The van der Waals surface area contributed by atoms with E-state index in [2.05, 4.69) is 5.32 Å². The van der Waals surface area contributed by atoms with Gasteiger partial charge < -0.3 is 14.8 Å². The van der Waals surface area contributed by atoms with Crippen LogP contribution in [0.3, 0.4) is 0 Å². The predicted molar refractivity (Wildman–Crippen MR) is 28.8 cm³/mol. The third kappa shape index (κ3) is 1.50. The summed E-state index contributed by atoms with van der Waals surface area (Å²) in [6, 6.07) is -0.439. The van der Waals surface area contributed by atoms with Gasteiger partial charge in [-0.2, -0.15) is 0 Å². The molecule has 1 N–H and O–H groups in total. The van der Waals surface area contributed by atoms with Crippen LogP contribution in [-0.2, 0) is 14.3 Å². The second-order valence-corrected chi connectivity index (χ2v) is 1.83. The lowest BCUT2D eigenvalue weighted by atomic mass is 10.3. The van der Waals surface area contributed by atoms with Crippen molar-refractivity contribution >= 4 is 12.2 Å². The van der Waals surface area contributed by atoms with Crippen molar-refractivity contribution in [3.05, 3.63) is 0 Å². The van der Waals surface area contributed by atoms with Crippen LogP contribution in [-0.4, -0.2) is 31.4 Å². The number of ether oxygens (including phenoxy) is 1. The molecule has 0 aliphatic carbocycles. The molecule has 0 saturated carbocycles. The van der Waals surface area contributed by atoms with E-state index < -0.39 is 6.04 Å². The van der Waals surface area contributed by atoms with Crippen LogP contribution in [0.1, 0.15) is 0 Å². The first-order valence-electron chi connectivity index (χ1n) is 2.65. The first-order valence-corrected chi connectivity index (χ1v) is 2.65. The summed E-state index contributed by atoms with van der Waals surface area (Å²) in [5, 5.41) is 2.43. The molecular weight excluding hydrogens is 122 g/mol. The highest BCUT2D eigenvalue weighted by atomic mass is 16.5. The number of morpholine rings is 1. The maximum atomic E-state index is 10.4. The lowest BCUT2D eigenvalue weighted by Crippen LogP contribution is -2.46. The number of hydrogen-bond acceptors (Lipinski definition) is 3. The minimum atomic E-state index is -0.439. The average molecular weight is 129 g/mol. The maximum Gasteiger partial charge on any atom is 0.246 e. The monoisotopic (exact) mass is 129 g/mol. The number of nitrogens with one attached hydrogen (secondary N) is 1. The Kier molecular flexibility index (Phi) is 1.79. The summed E-state index contributed by atoms with van der Waals surface area (Å²) < 4.78 is 4.74. The highest BCUT2D eigenvalue weighted by molar-refractivity contribution is 5.81. The molecule has 1 rings (SSSR count). The molecular formula is C5H7NO3. The summed E-state index contributed by atoms with van der Waals surface area (Å²) in [5.74, 6) is -0.224. The average Bonchev–Trinajstić information content (AvgIpc) is 1.88. The number of amides is 1. The predicted octanol–water partition coefficient (Wildman–Crippen LogP) is -1.30. The number of hydrogen-bond donors (Lipinski definition) is 1. The molecule has 1 saturated heterocycles. The smallest absolute Gasteiger partial charge is 0.246 e. The van der Waals surface area contributed by atoms with E-state index in [1.54, 1.807) is 0 Å². The largest absolute Gasteiger partial charge is 0.369 e. The Bertz CT molecular complexity index is 134. The molecule has 9 heavy (non-hydrogen) atoms. The van der Waals surface area contributed by atoms with Crippen LogP contribution in [0.4, 0.5) is 0 Å². The fourth-order valence-electron chi connectivity index (χ4n) is 0.642. The van der Waals surface area contributed by atoms with Crippen molar-refractivity contribution in [1.29, 1.82) is 0 Å². The molecule has 0 radical (unpaired) electrons. The van der Waals surface area contributed by atoms with Gasteiger partial charge in [0.2, 0.25) is 5.91 Å². The van der Waals surface area contributed by atoms with Crippen LogP contribution in [0.5, 0.6) is 0 Å². The highest BCUT2D eigenvalue weighted by Crippen LogP contribution is 1.89. The van der Waals surface area contributed by atoms with Crippen LogP contribution in [0.25, 0.3) is 0 Å². The second-order valence-electron chi connectivity index (χ2n) is 1.83. The van der Waals surface area contributed by atoms with Crippen LogP contribution >= 0.6 is 0 Å². The van der Waals surface area contributed by atoms with Crippen molar-refractivity contribution < 1.29 is 14.3 Å². The van der Waals surface area contributed by atoms with Gasteiger partial charge in [0.05, 0.1) is 6.61 Å². The van der Waals surface area contributed by atoms with Crippen molar-refractivity contribution in [2.45, 2.75) is 6.04 Å². The minimum Gasteiger partial charge on any atom is -0.369 e.